The quantitative estimate of drug-likeness (QED) is 0.330. The highest BCUT2D eigenvalue weighted by Crippen LogP contribution is 2.19. The van der Waals surface area contributed by atoms with E-state index in [4.69, 9.17) is 4.74 Å². The average Bonchev–Trinajstić information content (AvgIpc) is 3.10. The van der Waals surface area contributed by atoms with E-state index >= 15 is 0 Å². The number of piperazine rings is 2. The van der Waals surface area contributed by atoms with Crippen molar-refractivity contribution in [3.8, 4) is 0 Å². The lowest BCUT2D eigenvalue weighted by atomic mass is 10.1. The SMILES string of the molecule is CN1CCN(C(=O)Cc2ccc(Br)cc2)CC1.CN1CCN(C(=O)c2ccc(Br)cc2F)CC1.O=C(c1ccc(Br)cc1F)N1CCOCC1. The van der Waals surface area contributed by atoms with Crippen LogP contribution in [-0.4, -0.2) is 135 Å². The molecule has 270 valence electrons. The van der Waals surface area contributed by atoms with Crippen LogP contribution in [0.25, 0.3) is 0 Å². The first-order valence-electron chi connectivity index (χ1n) is 16.4. The van der Waals surface area contributed by atoms with Crippen LogP contribution in [0, 0.1) is 11.6 Å². The minimum atomic E-state index is -0.495. The van der Waals surface area contributed by atoms with Gasteiger partial charge in [0, 0.05) is 78.9 Å². The maximum atomic E-state index is 13.6. The summed E-state index contributed by atoms with van der Waals surface area (Å²) in [4.78, 5) is 45.8. The zero-order valence-electron chi connectivity index (χ0n) is 28.2. The second kappa shape index (κ2) is 19.7. The normalized spacial score (nSPS) is 16.9. The van der Waals surface area contributed by atoms with Crippen LogP contribution in [0.4, 0.5) is 8.78 Å². The number of halogens is 5. The molecular formula is C36H42Br3F2N5O4. The fraction of sp³-hybridized carbons (Fsp3) is 0.417. The molecule has 14 heteroatoms. The Labute approximate surface area is 317 Å². The van der Waals surface area contributed by atoms with E-state index in [2.05, 4.69) is 64.6 Å². The number of benzene rings is 3. The molecule has 9 nitrogen and oxygen atoms in total. The molecular weight excluding hydrogens is 844 g/mol. The van der Waals surface area contributed by atoms with E-state index in [0.29, 0.717) is 54.8 Å². The number of amides is 3. The Hall–Kier alpha value is -2.75. The van der Waals surface area contributed by atoms with Crippen LogP contribution >= 0.6 is 47.8 Å². The highest BCUT2D eigenvalue weighted by Gasteiger charge is 2.23. The molecule has 3 saturated heterocycles. The Morgan fingerprint density at radius 3 is 1.42 bits per heavy atom. The third-order valence-electron chi connectivity index (χ3n) is 8.54. The van der Waals surface area contributed by atoms with Crippen molar-refractivity contribution in [3.05, 3.63) is 102 Å². The third kappa shape index (κ3) is 12.2. The van der Waals surface area contributed by atoms with E-state index in [1.54, 1.807) is 21.9 Å². The Balaban J connectivity index is 0.000000169. The van der Waals surface area contributed by atoms with Crippen molar-refractivity contribution in [1.82, 2.24) is 24.5 Å². The molecule has 3 aromatic carbocycles. The first-order valence-corrected chi connectivity index (χ1v) is 18.7. The first kappa shape index (κ1) is 40.0. The van der Waals surface area contributed by atoms with Gasteiger partial charge in [0.25, 0.3) is 11.8 Å². The largest absolute Gasteiger partial charge is 0.378 e. The molecule has 3 aliphatic heterocycles. The van der Waals surface area contributed by atoms with Crippen LogP contribution in [0.15, 0.2) is 74.1 Å². The first-order chi connectivity index (χ1) is 23.9. The van der Waals surface area contributed by atoms with Gasteiger partial charge in [-0.2, -0.15) is 0 Å². The van der Waals surface area contributed by atoms with Crippen molar-refractivity contribution in [1.29, 1.82) is 0 Å². The van der Waals surface area contributed by atoms with Gasteiger partial charge in [0.2, 0.25) is 5.91 Å². The molecule has 0 bridgehead atoms. The number of morpholine rings is 1. The summed E-state index contributed by atoms with van der Waals surface area (Å²) >= 11 is 9.73. The summed E-state index contributed by atoms with van der Waals surface area (Å²) in [6.45, 7) is 8.73. The number of hydrogen-bond donors (Lipinski definition) is 0. The van der Waals surface area contributed by atoms with Crippen LogP contribution in [0.3, 0.4) is 0 Å². The molecule has 3 heterocycles. The molecule has 3 amide bonds. The monoisotopic (exact) mass is 883 g/mol. The van der Waals surface area contributed by atoms with E-state index in [-0.39, 0.29) is 28.8 Å². The van der Waals surface area contributed by atoms with Gasteiger partial charge in [0.05, 0.1) is 30.8 Å². The molecule has 0 unspecified atom stereocenters. The van der Waals surface area contributed by atoms with E-state index in [0.717, 1.165) is 49.3 Å². The third-order valence-corrected chi connectivity index (χ3v) is 10.1. The van der Waals surface area contributed by atoms with Crippen molar-refractivity contribution in [2.75, 3.05) is 92.8 Å². The van der Waals surface area contributed by atoms with Crippen molar-refractivity contribution in [2.45, 2.75) is 6.42 Å². The topological polar surface area (TPSA) is 76.6 Å². The molecule has 0 N–H and O–H groups in total. The van der Waals surface area contributed by atoms with Gasteiger partial charge in [0.1, 0.15) is 11.6 Å². The molecule has 50 heavy (non-hydrogen) atoms. The van der Waals surface area contributed by atoms with Gasteiger partial charge >= 0.3 is 0 Å². The smallest absolute Gasteiger partial charge is 0.256 e. The molecule has 3 fully saturated rings. The summed E-state index contributed by atoms with van der Waals surface area (Å²) in [6.07, 6.45) is 0.511. The standard InChI is InChI=1S/C13H17BrN2O.C12H14BrFN2O.C11H11BrFNO2/c1-15-6-8-16(9-7-15)13(17)10-11-2-4-12(14)5-3-11;1-15-4-6-16(7-5-15)12(17)10-3-2-9(13)8-11(10)14;12-8-1-2-9(10(13)7-8)11(15)14-3-5-16-6-4-14/h2-5H,6-10H2,1H3;2-3,8H,4-7H2,1H3;1-2,7H,3-6H2. The number of carbonyl (C=O) groups excluding carboxylic acids is 3. The van der Waals surface area contributed by atoms with Crippen LogP contribution in [0.2, 0.25) is 0 Å². The molecule has 0 spiro atoms. The fourth-order valence-electron chi connectivity index (χ4n) is 5.39. The summed E-state index contributed by atoms with van der Waals surface area (Å²) < 4.78 is 34.7. The fourth-order valence-corrected chi connectivity index (χ4v) is 6.32. The van der Waals surface area contributed by atoms with Gasteiger partial charge < -0.3 is 29.2 Å². The van der Waals surface area contributed by atoms with Gasteiger partial charge in [-0.1, -0.05) is 59.9 Å². The lowest BCUT2D eigenvalue weighted by Crippen LogP contribution is -2.47. The highest BCUT2D eigenvalue weighted by atomic mass is 79.9. The lowest BCUT2D eigenvalue weighted by Gasteiger charge is -2.32. The number of rotatable bonds is 4. The summed E-state index contributed by atoms with van der Waals surface area (Å²) in [6, 6.07) is 17.0. The lowest BCUT2D eigenvalue weighted by molar-refractivity contribution is -0.132. The Bertz CT molecular complexity index is 1600. The second-order valence-corrected chi connectivity index (χ2v) is 15.0. The molecule has 3 aromatic rings. The summed E-state index contributed by atoms with van der Waals surface area (Å²) in [7, 11) is 4.11. The number of carbonyl (C=O) groups is 3. The van der Waals surface area contributed by atoms with Crippen LogP contribution in [0.5, 0.6) is 0 Å². The van der Waals surface area contributed by atoms with Gasteiger partial charge in [-0.15, -0.1) is 0 Å². The zero-order valence-corrected chi connectivity index (χ0v) is 33.0. The van der Waals surface area contributed by atoms with E-state index in [1.807, 2.05) is 36.2 Å². The second-order valence-electron chi connectivity index (χ2n) is 12.2. The van der Waals surface area contributed by atoms with Gasteiger partial charge in [-0.05, 0) is 68.2 Å². The number of likely N-dealkylation sites (N-methyl/N-ethyl adjacent to an activating group) is 2. The number of hydrogen-bond acceptors (Lipinski definition) is 6. The predicted molar refractivity (Wildman–Crippen MR) is 200 cm³/mol. The Kier molecular flexibility index (Phi) is 15.8. The van der Waals surface area contributed by atoms with Gasteiger partial charge in [-0.3, -0.25) is 14.4 Å². The van der Waals surface area contributed by atoms with Crippen LogP contribution in [-0.2, 0) is 16.0 Å². The van der Waals surface area contributed by atoms with Crippen molar-refractivity contribution in [2.24, 2.45) is 0 Å². The molecule has 0 saturated carbocycles. The minimum absolute atomic E-state index is 0.116. The molecule has 0 radical (unpaired) electrons. The zero-order chi connectivity index (χ0) is 36.2. The minimum Gasteiger partial charge on any atom is -0.378 e. The van der Waals surface area contributed by atoms with Crippen molar-refractivity contribution >= 4 is 65.5 Å². The number of ether oxygens (including phenoxy) is 1. The van der Waals surface area contributed by atoms with E-state index in [9.17, 15) is 23.2 Å². The summed E-state index contributed by atoms with van der Waals surface area (Å²) in [5, 5.41) is 0. The number of nitrogens with zero attached hydrogens (tertiary/aromatic N) is 5. The van der Waals surface area contributed by atoms with Gasteiger partial charge in [-0.25, -0.2) is 8.78 Å². The van der Waals surface area contributed by atoms with E-state index in [1.165, 1.54) is 24.3 Å². The predicted octanol–water partition coefficient (Wildman–Crippen LogP) is 5.80. The molecule has 0 aliphatic carbocycles. The average molecular weight is 886 g/mol. The molecule has 0 atom stereocenters. The Morgan fingerprint density at radius 1 is 0.580 bits per heavy atom. The van der Waals surface area contributed by atoms with E-state index < -0.39 is 11.6 Å². The van der Waals surface area contributed by atoms with Crippen LogP contribution < -0.4 is 0 Å². The maximum Gasteiger partial charge on any atom is 0.256 e. The Morgan fingerprint density at radius 2 is 0.980 bits per heavy atom. The summed E-state index contributed by atoms with van der Waals surface area (Å²) in [5.74, 6) is -1.22. The molecule has 3 aliphatic rings. The highest BCUT2D eigenvalue weighted by molar-refractivity contribution is 9.11. The maximum absolute atomic E-state index is 13.6. The van der Waals surface area contributed by atoms with Crippen molar-refractivity contribution < 1.29 is 27.9 Å². The summed E-state index contributed by atoms with van der Waals surface area (Å²) in [5.41, 5.74) is 1.35. The van der Waals surface area contributed by atoms with Crippen molar-refractivity contribution in [3.63, 3.8) is 0 Å². The molecule has 0 aromatic heterocycles. The van der Waals surface area contributed by atoms with Crippen LogP contribution in [0.1, 0.15) is 26.3 Å². The van der Waals surface area contributed by atoms with Gasteiger partial charge in [0.15, 0.2) is 0 Å². The molecule has 6 rings (SSSR count).